The van der Waals surface area contributed by atoms with Gasteiger partial charge in [-0.1, -0.05) is 18.2 Å². The van der Waals surface area contributed by atoms with Gasteiger partial charge in [0.25, 0.3) is 6.47 Å². The maximum atomic E-state index is 13.6. The van der Waals surface area contributed by atoms with Crippen molar-refractivity contribution in [2.75, 3.05) is 13.2 Å². The minimum atomic E-state index is -0.271. The molecule has 8 heteroatoms. The van der Waals surface area contributed by atoms with E-state index in [4.69, 9.17) is 9.90 Å². The number of nitrogens with one attached hydrogen (secondary N) is 1. The van der Waals surface area contributed by atoms with E-state index in [1.54, 1.807) is 18.2 Å². The van der Waals surface area contributed by atoms with Crippen LogP contribution in [0, 0.1) is 11.7 Å². The maximum absolute atomic E-state index is 13.6. The van der Waals surface area contributed by atoms with Gasteiger partial charge in [0.05, 0.1) is 12.6 Å². The first-order valence-electron chi connectivity index (χ1n) is 10.5. The van der Waals surface area contributed by atoms with E-state index < -0.39 is 0 Å². The van der Waals surface area contributed by atoms with Crippen LogP contribution in [-0.2, 0) is 20.8 Å². The third-order valence-electron chi connectivity index (χ3n) is 5.89. The molecular formula is C22H31FN2O5. The zero-order chi connectivity index (χ0) is 21.9. The van der Waals surface area contributed by atoms with Crippen molar-refractivity contribution in [2.45, 2.75) is 63.5 Å². The first kappa shape index (κ1) is 23.8. The van der Waals surface area contributed by atoms with Crippen LogP contribution in [0.15, 0.2) is 24.3 Å². The van der Waals surface area contributed by atoms with Gasteiger partial charge in [-0.15, -0.1) is 0 Å². The number of aliphatic hydroxyl groups is 1. The lowest BCUT2D eigenvalue weighted by Crippen LogP contribution is -2.44. The minimum absolute atomic E-state index is 0.00344. The lowest BCUT2D eigenvalue weighted by molar-refractivity contribution is -0.138. The lowest BCUT2D eigenvalue weighted by atomic mass is 9.85. The second kappa shape index (κ2) is 12.3. The number of carbonyl (C=O) groups is 3. The molecule has 2 aliphatic rings. The van der Waals surface area contributed by atoms with Crippen LogP contribution in [0.25, 0.3) is 0 Å². The number of carbonyl (C=O) groups excluding carboxylic acids is 2. The van der Waals surface area contributed by atoms with E-state index in [9.17, 15) is 19.1 Å². The molecule has 1 atom stereocenters. The van der Waals surface area contributed by atoms with Gasteiger partial charge in [-0.05, 0) is 56.6 Å². The smallest absolute Gasteiger partial charge is 0.290 e. The van der Waals surface area contributed by atoms with Crippen molar-refractivity contribution in [1.29, 1.82) is 0 Å². The Morgan fingerprint density at radius 2 is 1.83 bits per heavy atom. The number of likely N-dealkylation sites (tertiary alicyclic amines) is 1. The number of nitrogens with zero attached hydrogens (tertiary/aromatic N) is 1. The molecule has 166 valence electrons. The summed E-state index contributed by atoms with van der Waals surface area (Å²) in [6, 6.07) is 6.60. The Hall–Kier alpha value is -2.48. The highest BCUT2D eigenvalue weighted by atomic mass is 19.1. The summed E-state index contributed by atoms with van der Waals surface area (Å²) >= 11 is 0. The average molecular weight is 422 g/mol. The van der Waals surface area contributed by atoms with Gasteiger partial charge in [0.2, 0.25) is 11.8 Å². The number of aliphatic hydroxyl groups excluding tert-OH is 1. The van der Waals surface area contributed by atoms with Gasteiger partial charge in [0, 0.05) is 24.9 Å². The van der Waals surface area contributed by atoms with E-state index in [1.807, 2.05) is 4.90 Å². The standard InChI is InChI=1S/C21H29FN2O3.CH2O2/c22-19-6-2-1-4-15(19)9-12-20(26)23-17-10-7-16(8-11-17)21(27)24-13-3-5-18(24)14-25;2-1-3/h1-2,4,6,16-18,25H,3,5,7-14H2,(H,23,26);1H,(H,2,3)/t16?,17?,18-;/m0./s1. The molecule has 2 fully saturated rings. The minimum Gasteiger partial charge on any atom is -0.483 e. The Bertz CT molecular complexity index is 707. The second-order valence-corrected chi connectivity index (χ2v) is 7.82. The normalized spacial score (nSPS) is 23.3. The molecule has 1 aromatic rings. The zero-order valence-corrected chi connectivity index (χ0v) is 17.1. The van der Waals surface area contributed by atoms with Crippen molar-refractivity contribution in [1.82, 2.24) is 10.2 Å². The van der Waals surface area contributed by atoms with Crippen LogP contribution in [0.3, 0.4) is 0 Å². The molecule has 1 aliphatic heterocycles. The van der Waals surface area contributed by atoms with E-state index in [-0.39, 0.29) is 55.1 Å². The quantitative estimate of drug-likeness (QED) is 0.609. The largest absolute Gasteiger partial charge is 0.483 e. The molecular weight excluding hydrogens is 391 g/mol. The number of hydrogen-bond donors (Lipinski definition) is 3. The van der Waals surface area contributed by atoms with Crippen LogP contribution in [0.4, 0.5) is 4.39 Å². The summed E-state index contributed by atoms with van der Waals surface area (Å²) < 4.78 is 13.6. The summed E-state index contributed by atoms with van der Waals surface area (Å²) in [5.41, 5.74) is 0.561. The Balaban J connectivity index is 0.00000101. The number of benzene rings is 1. The summed E-state index contributed by atoms with van der Waals surface area (Å²) in [5.74, 6) is -0.167. The summed E-state index contributed by atoms with van der Waals surface area (Å²) in [7, 11) is 0. The third-order valence-corrected chi connectivity index (χ3v) is 5.89. The second-order valence-electron chi connectivity index (χ2n) is 7.82. The fourth-order valence-corrected chi connectivity index (χ4v) is 4.28. The Morgan fingerprint density at radius 3 is 2.47 bits per heavy atom. The van der Waals surface area contributed by atoms with Gasteiger partial charge < -0.3 is 20.4 Å². The van der Waals surface area contributed by atoms with Crippen LogP contribution in [-0.4, -0.2) is 58.6 Å². The molecule has 7 nitrogen and oxygen atoms in total. The predicted octanol–water partition coefficient (Wildman–Crippen LogP) is 2.12. The van der Waals surface area contributed by atoms with Crippen LogP contribution in [0.1, 0.15) is 50.5 Å². The number of hydrogen-bond acceptors (Lipinski definition) is 4. The predicted molar refractivity (Wildman–Crippen MR) is 109 cm³/mol. The molecule has 0 spiro atoms. The van der Waals surface area contributed by atoms with Crippen LogP contribution in [0.5, 0.6) is 0 Å². The first-order valence-corrected chi connectivity index (χ1v) is 10.5. The topological polar surface area (TPSA) is 107 Å². The third kappa shape index (κ3) is 6.79. The van der Waals surface area contributed by atoms with Gasteiger partial charge in [0.1, 0.15) is 5.82 Å². The van der Waals surface area contributed by atoms with Gasteiger partial charge in [-0.3, -0.25) is 14.4 Å². The molecule has 0 bridgehead atoms. The summed E-state index contributed by atoms with van der Waals surface area (Å²) in [4.78, 5) is 35.1. The lowest BCUT2D eigenvalue weighted by Gasteiger charge is -2.33. The fraction of sp³-hybridized carbons (Fsp3) is 0.591. The molecule has 1 saturated heterocycles. The maximum Gasteiger partial charge on any atom is 0.290 e. The number of rotatable bonds is 6. The van der Waals surface area contributed by atoms with E-state index in [0.717, 1.165) is 45.1 Å². The summed E-state index contributed by atoms with van der Waals surface area (Å²) in [6.45, 7) is 0.538. The van der Waals surface area contributed by atoms with Crippen molar-refractivity contribution in [3.05, 3.63) is 35.6 Å². The highest BCUT2D eigenvalue weighted by Gasteiger charge is 2.34. The van der Waals surface area contributed by atoms with E-state index in [1.165, 1.54) is 6.07 Å². The highest BCUT2D eigenvalue weighted by Crippen LogP contribution is 2.29. The Labute approximate surface area is 176 Å². The number of carboxylic acid groups (broad SMARTS) is 1. The summed E-state index contributed by atoms with van der Waals surface area (Å²) in [6.07, 6.45) is 5.63. The monoisotopic (exact) mass is 422 g/mol. The van der Waals surface area contributed by atoms with Crippen molar-refractivity contribution in [3.8, 4) is 0 Å². The number of halogens is 1. The van der Waals surface area contributed by atoms with Gasteiger partial charge in [-0.25, -0.2) is 4.39 Å². The van der Waals surface area contributed by atoms with Gasteiger partial charge in [-0.2, -0.15) is 0 Å². The molecule has 0 aromatic heterocycles. The van der Waals surface area contributed by atoms with Crippen molar-refractivity contribution in [2.24, 2.45) is 5.92 Å². The average Bonchev–Trinajstić information content (AvgIpc) is 3.23. The molecule has 2 amide bonds. The molecule has 0 unspecified atom stereocenters. The molecule has 3 N–H and O–H groups in total. The highest BCUT2D eigenvalue weighted by molar-refractivity contribution is 5.80. The SMILES string of the molecule is O=C(CCc1ccccc1F)NC1CCC(C(=O)N2CCC[C@H]2CO)CC1.O=CO. The van der Waals surface area contributed by atoms with E-state index >= 15 is 0 Å². The van der Waals surface area contributed by atoms with Crippen molar-refractivity contribution < 1.29 is 29.0 Å². The van der Waals surface area contributed by atoms with Crippen LogP contribution in [0.2, 0.25) is 0 Å². The van der Waals surface area contributed by atoms with Gasteiger partial charge in [0.15, 0.2) is 0 Å². The molecule has 1 aromatic carbocycles. The van der Waals surface area contributed by atoms with Crippen LogP contribution >= 0.6 is 0 Å². The van der Waals surface area contributed by atoms with Crippen molar-refractivity contribution in [3.63, 3.8) is 0 Å². The molecule has 30 heavy (non-hydrogen) atoms. The molecule has 1 aliphatic carbocycles. The summed E-state index contributed by atoms with van der Waals surface area (Å²) in [5, 5.41) is 19.3. The number of amides is 2. The Morgan fingerprint density at radius 1 is 1.17 bits per heavy atom. The van der Waals surface area contributed by atoms with Gasteiger partial charge >= 0.3 is 0 Å². The zero-order valence-electron chi connectivity index (χ0n) is 17.1. The molecule has 3 rings (SSSR count). The Kier molecular flexibility index (Phi) is 9.73. The van der Waals surface area contributed by atoms with Crippen LogP contribution < -0.4 is 5.32 Å². The van der Waals surface area contributed by atoms with E-state index in [2.05, 4.69) is 5.32 Å². The number of aryl methyl sites for hydroxylation is 1. The molecule has 1 heterocycles. The first-order chi connectivity index (χ1) is 14.5. The van der Waals surface area contributed by atoms with Crippen molar-refractivity contribution >= 4 is 18.3 Å². The fourth-order valence-electron chi connectivity index (χ4n) is 4.28. The molecule has 1 saturated carbocycles. The van der Waals surface area contributed by atoms with E-state index in [0.29, 0.717) is 12.0 Å². The molecule has 0 radical (unpaired) electrons.